The maximum absolute atomic E-state index is 13.2. The van der Waals surface area contributed by atoms with Gasteiger partial charge in [0.1, 0.15) is 11.6 Å². The minimum absolute atomic E-state index is 0.0209. The topological polar surface area (TPSA) is 71.3 Å². The average molecular weight is 402 g/mol. The van der Waals surface area contributed by atoms with E-state index in [4.69, 9.17) is 14.4 Å². The molecule has 6 nitrogen and oxygen atoms in total. The maximum atomic E-state index is 13.2. The standard InChI is InChI=1S/C24H26N4O2/c1-16-7-5-11-28(15-16)24-26-19-13-17(21-10-6-12-30-21)14-20(29)22(19)23(27-24)25-18-8-3-2-4-9-18/h2-4,6,8-10,12,16-17H,5,7,11,13-15H2,1H3,(H,25,26,27). The number of hydrogen-bond donors (Lipinski definition) is 1. The van der Waals surface area contributed by atoms with E-state index in [-0.39, 0.29) is 11.7 Å². The molecule has 1 fully saturated rings. The summed E-state index contributed by atoms with van der Waals surface area (Å²) in [5.41, 5.74) is 2.35. The quantitative estimate of drug-likeness (QED) is 0.665. The van der Waals surface area contributed by atoms with Crippen molar-refractivity contribution >= 4 is 23.2 Å². The highest BCUT2D eigenvalue weighted by molar-refractivity contribution is 6.03. The number of furan rings is 1. The summed E-state index contributed by atoms with van der Waals surface area (Å²) in [6.07, 6.45) is 5.12. The summed E-state index contributed by atoms with van der Waals surface area (Å²) >= 11 is 0. The van der Waals surface area contributed by atoms with Crippen LogP contribution in [0.25, 0.3) is 0 Å². The second-order valence-corrected chi connectivity index (χ2v) is 8.42. The molecule has 0 spiro atoms. The SMILES string of the molecule is CC1CCCN(c2nc3c(c(Nc4ccccc4)n2)C(=O)CC(c2ccco2)C3)C1. The van der Waals surface area contributed by atoms with Crippen LogP contribution in [0.1, 0.15) is 53.9 Å². The Morgan fingerprint density at radius 2 is 1.97 bits per heavy atom. The fraction of sp³-hybridized carbons (Fsp3) is 0.375. The Balaban J connectivity index is 1.56. The van der Waals surface area contributed by atoms with Gasteiger partial charge >= 0.3 is 0 Å². The molecule has 1 aliphatic heterocycles. The Hall–Kier alpha value is -3.15. The molecule has 30 heavy (non-hydrogen) atoms. The van der Waals surface area contributed by atoms with Crippen molar-refractivity contribution < 1.29 is 9.21 Å². The van der Waals surface area contributed by atoms with Crippen molar-refractivity contribution in [3.63, 3.8) is 0 Å². The second kappa shape index (κ2) is 7.94. The lowest BCUT2D eigenvalue weighted by molar-refractivity contribution is 0.0959. The van der Waals surface area contributed by atoms with E-state index >= 15 is 0 Å². The van der Waals surface area contributed by atoms with Gasteiger partial charge in [0.2, 0.25) is 5.95 Å². The largest absolute Gasteiger partial charge is 0.469 e. The first kappa shape index (κ1) is 18.9. The number of aromatic nitrogens is 2. The normalized spacial score (nSPS) is 21.4. The molecule has 0 bridgehead atoms. The van der Waals surface area contributed by atoms with E-state index in [1.807, 2.05) is 42.5 Å². The van der Waals surface area contributed by atoms with Crippen molar-refractivity contribution in [2.75, 3.05) is 23.3 Å². The number of carbonyl (C=O) groups is 1. The van der Waals surface area contributed by atoms with Crippen LogP contribution < -0.4 is 10.2 Å². The lowest BCUT2D eigenvalue weighted by Crippen LogP contribution is -2.36. The van der Waals surface area contributed by atoms with Gasteiger partial charge in [0.15, 0.2) is 5.78 Å². The summed E-state index contributed by atoms with van der Waals surface area (Å²) in [4.78, 5) is 25.2. The third-order valence-electron chi connectivity index (χ3n) is 6.04. The van der Waals surface area contributed by atoms with Gasteiger partial charge in [-0.2, -0.15) is 4.98 Å². The molecule has 3 heterocycles. The summed E-state index contributed by atoms with van der Waals surface area (Å²) < 4.78 is 5.60. The van der Waals surface area contributed by atoms with E-state index in [0.717, 1.165) is 36.7 Å². The molecule has 2 aliphatic rings. The number of carbonyl (C=O) groups excluding carboxylic acids is 1. The van der Waals surface area contributed by atoms with Crippen molar-refractivity contribution in [2.45, 2.75) is 38.5 Å². The molecule has 0 amide bonds. The lowest BCUT2D eigenvalue weighted by atomic mass is 9.84. The number of anilines is 3. The van der Waals surface area contributed by atoms with Crippen molar-refractivity contribution in [1.29, 1.82) is 0 Å². The Morgan fingerprint density at radius 1 is 1.10 bits per heavy atom. The number of piperidine rings is 1. The molecule has 1 saturated heterocycles. The predicted molar refractivity (Wildman–Crippen MR) is 116 cm³/mol. The maximum Gasteiger partial charge on any atom is 0.227 e. The van der Waals surface area contributed by atoms with Gasteiger partial charge in [0.25, 0.3) is 0 Å². The first-order chi connectivity index (χ1) is 14.7. The number of nitrogens with zero attached hydrogens (tertiary/aromatic N) is 3. The third-order valence-corrected chi connectivity index (χ3v) is 6.04. The van der Waals surface area contributed by atoms with Crippen molar-refractivity contribution in [1.82, 2.24) is 9.97 Å². The van der Waals surface area contributed by atoms with Gasteiger partial charge in [-0.25, -0.2) is 4.98 Å². The Kier molecular flexibility index (Phi) is 4.99. The van der Waals surface area contributed by atoms with Crippen LogP contribution in [-0.2, 0) is 6.42 Å². The van der Waals surface area contributed by atoms with Crippen LogP contribution in [0, 0.1) is 5.92 Å². The van der Waals surface area contributed by atoms with Crippen molar-refractivity contribution in [3.05, 3.63) is 65.7 Å². The van der Waals surface area contributed by atoms with Crippen molar-refractivity contribution in [3.8, 4) is 0 Å². The van der Waals surface area contributed by atoms with Crippen LogP contribution in [0.15, 0.2) is 53.1 Å². The van der Waals surface area contributed by atoms with Gasteiger partial charge in [0, 0.05) is 37.5 Å². The second-order valence-electron chi connectivity index (χ2n) is 8.42. The number of benzene rings is 1. The molecule has 6 heteroatoms. The summed E-state index contributed by atoms with van der Waals surface area (Å²) in [5.74, 6) is 2.87. The number of hydrogen-bond acceptors (Lipinski definition) is 6. The fourth-order valence-electron chi connectivity index (χ4n) is 4.55. The number of rotatable bonds is 4. The summed E-state index contributed by atoms with van der Waals surface area (Å²) in [5, 5.41) is 3.38. The Morgan fingerprint density at radius 3 is 2.73 bits per heavy atom. The average Bonchev–Trinajstić information content (AvgIpc) is 3.29. The Bertz CT molecular complexity index is 1030. The van der Waals surface area contributed by atoms with Crippen LogP contribution in [0.4, 0.5) is 17.5 Å². The smallest absolute Gasteiger partial charge is 0.227 e. The molecule has 2 aromatic heterocycles. The number of Topliss-reactive ketones (excluding diaryl/α,β-unsaturated/α-hetero) is 1. The fourth-order valence-corrected chi connectivity index (χ4v) is 4.55. The minimum atomic E-state index is 0.0209. The van der Waals surface area contributed by atoms with Gasteiger partial charge in [-0.1, -0.05) is 25.1 Å². The summed E-state index contributed by atoms with van der Waals surface area (Å²) in [6.45, 7) is 4.16. The van der Waals surface area contributed by atoms with E-state index in [2.05, 4.69) is 17.1 Å². The molecule has 1 aliphatic carbocycles. The summed E-state index contributed by atoms with van der Waals surface area (Å²) in [7, 11) is 0. The molecule has 2 unspecified atom stereocenters. The van der Waals surface area contributed by atoms with Gasteiger partial charge in [-0.15, -0.1) is 0 Å². The monoisotopic (exact) mass is 402 g/mol. The molecular weight excluding hydrogens is 376 g/mol. The van der Waals surface area contributed by atoms with Crippen LogP contribution in [0.3, 0.4) is 0 Å². The minimum Gasteiger partial charge on any atom is -0.469 e. The van der Waals surface area contributed by atoms with Crippen LogP contribution >= 0.6 is 0 Å². The van der Waals surface area contributed by atoms with Crippen molar-refractivity contribution in [2.24, 2.45) is 5.92 Å². The first-order valence-electron chi connectivity index (χ1n) is 10.7. The van der Waals surface area contributed by atoms with Crippen LogP contribution in [0.2, 0.25) is 0 Å². The highest BCUT2D eigenvalue weighted by atomic mass is 16.3. The van der Waals surface area contributed by atoms with E-state index in [1.54, 1.807) is 6.26 Å². The number of ketones is 1. The molecule has 2 atom stereocenters. The predicted octanol–water partition coefficient (Wildman–Crippen LogP) is 4.96. The lowest BCUT2D eigenvalue weighted by Gasteiger charge is -2.32. The Labute approximate surface area is 176 Å². The van der Waals surface area contributed by atoms with Crippen LogP contribution in [-0.4, -0.2) is 28.8 Å². The molecule has 1 aromatic carbocycles. The van der Waals surface area contributed by atoms with Gasteiger partial charge in [-0.05, 0) is 43.0 Å². The zero-order valence-electron chi connectivity index (χ0n) is 17.2. The molecule has 0 radical (unpaired) electrons. The van der Waals surface area contributed by atoms with Crippen LogP contribution in [0.5, 0.6) is 0 Å². The zero-order chi connectivity index (χ0) is 20.5. The first-order valence-corrected chi connectivity index (χ1v) is 10.7. The van der Waals surface area contributed by atoms with E-state index < -0.39 is 0 Å². The molecule has 5 rings (SSSR count). The number of para-hydroxylation sites is 1. The van der Waals surface area contributed by atoms with E-state index in [9.17, 15) is 4.79 Å². The van der Waals surface area contributed by atoms with E-state index in [0.29, 0.717) is 36.1 Å². The van der Waals surface area contributed by atoms with Gasteiger partial charge < -0.3 is 14.6 Å². The molecule has 154 valence electrons. The van der Waals surface area contributed by atoms with Gasteiger partial charge in [0.05, 0.1) is 17.5 Å². The highest BCUT2D eigenvalue weighted by Gasteiger charge is 2.33. The number of nitrogens with one attached hydrogen (secondary N) is 1. The highest BCUT2D eigenvalue weighted by Crippen LogP contribution is 2.37. The van der Waals surface area contributed by atoms with Gasteiger partial charge in [-0.3, -0.25) is 4.79 Å². The third kappa shape index (κ3) is 3.70. The molecule has 1 N–H and O–H groups in total. The molecular formula is C24H26N4O2. The number of fused-ring (bicyclic) bond motifs is 1. The summed E-state index contributed by atoms with van der Waals surface area (Å²) in [6, 6.07) is 13.7. The van der Waals surface area contributed by atoms with E-state index in [1.165, 1.54) is 6.42 Å². The molecule has 3 aromatic rings. The molecule has 0 saturated carbocycles. The zero-order valence-corrected chi connectivity index (χ0v) is 17.2.